The molecular weight excluding hydrogens is 213 g/mol. The third-order valence-corrected chi connectivity index (χ3v) is 2.99. The summed E-state index contributed by atoms with van der Waals surface area (Å²) in [6.45, 7) is 0. The Morgan fingerprint density at radius 2 is 1.93 bits per heavy atom. The van der Waals surface area contributed by atoms with E-state index in [1.807, 2.05) is 0 Å². The van der Waals surface area contributed by atoms with Gasteiger partial charge in [0.2, 0.25) is 5.91 Å². The summed E-state index contributed by atoms with van der Waals surface area (Å²) in [5, 5.41) is 1.70. The number of amides is 1. The maximum absolute atomic E-state index is 12.7. The number of carbonyl (C=O) groups is 1. The molecule has 0 atom stereocenters. The first-order chi connectivity index (χ1) is 7.16. The van der Waals surface area contributed by atoms with Gasteiger partial charge in [-0.3, -0.25) is 4.79 Å². The number of thiophene rings is 1. The van der Waals surface area contributed by atoms with Gasteiger partial charge in [-0.05, 0) is 23.8 Å². The number of benzene rings is 1. The Balaban J connectivity index is 2.37. The van der Waals surface area contributed by atoms with Gasteiger partial charge in [-0.15, -0.1) is 11.3 Å². The highest BCUT2D eigenvalue weighted by Gasteiger charge is 2.06. The monoisotopic (exact) mass is 221 g/mol. The fourth-order valence-electron chi connectivity index (χ4n) is 1.23. The van der Waals surface area contributed by atoms with Crippen molar-refractivity contribution in [2.24, 2.45) is 5.73 Å². The molecule has 0 aliphatic carbocycles. The molecule has 76 valence electrons. The van der Waals surface area contributed by atoms with Gasteiger partial charge in [-0.25, -0.2) is 4.39 Å². The van der Waals surface area contributed by atoms with Crippen molar-refractivity contribution >= 4 is 17.2 Å². The third-order valence-electron chi connectivity index (χ3n) is 2.01. The summed E-state index contributed by atoms with van der Waals surface area (Å²) in [6.07, 6.45) is 0. The SMILES string of the molecule is NC(=O)c1csc(-c2ccc(F)cc2)c1. The number of hydrogen-bond donors (Lipinski definition) is 1. The first kappa shape index (κ1) is 9.86. The van der Waals surface area contributed by atoms with Crippen LogP contribution in [0.1, 0.15) is 10.4 Å². The van der Waals surface area contributed by atoms with E-state index in [2.05, 4.69) is 0 Å². The lowest BCUT2D eigenvalue weighted by atomic mass is 10.1. The molecular formula is C11H8FNOS. The molecule has 0 spiro atoms. The van der Waals surface area contributed by atoms with E-state index in [4.69, 9.17) is 5.73 Å². The predicted octanol–water partition coefficient (Wildman–Crippen LogP) is 2.65. The first-order valence-electron chi connectivity index (χ1n) is 4.31. The molecule has 2 N–H and O–H groups in total. The lowest BCUT2D eigenvalue weighted by Crippen LogP contribution is -2.08. The van der Waals surface area contributed by atoms with E-state index in [1.54, 1.807) is 23.6 Å². The van der Waals surface area contributed by atoms with Crippen molar-refractivity contribution in [1.82, 2.24) is 0 Å². The van der Waals surface area contributed by atoms with Crippen LogP contribution in [0.3, 0.4) is 0 Å². The molecule has 1 aromatic carbocycles. The predicted molar refractivity (Wildman–Crippen MR) is 58.2 cm³/mol. The van der Waals surface area contributed by atoms with Crippen LogP contribution in [0.2, 0.25) is 0 Å². The van der Waals surface area contributed by atoms with Gasteiger partial charge >= 0.3 is 0 Å². The average molecular weight is 221 g/mol. The summed E-state index contributed by atoms with van der Waals surface area (Å²) < 4.78 is 12.7. The van der Waals surface area contributed by atoms with Crippen molar-refractivity contribution in [3.63, 3.8) is 0 Å². The molecule has 0 unspecified atom stereocenters. The lowest BCUT2D eigenvalue weighted by molar-refractivity contribution is 0.100. The zero-order valence-electron chi connectivity index (χ0n) is 7.74. The van der Waals surface area contributed by atoms with E-state index >= 15 is 0 Å². The molecule has 15 heavy (non-hydrogen) atoms. The highest BCUT2D eigenvalue weighted by molar-refractivity contribution is 7.13. The van der Waals surface area contributed by atoms with Crippen LogP contribution in [0.15, 0.2) is 35.7 Å². The van der Waals surface area contributed by atoms with Gasteiger partial charge in [-0.2, -0.15) is 0 Å². The summed E-state index contributed by atoms with van der Waals surface area (Å²) in [5.41, 5.74) is 6.51. The molecule has 0 saturated carbocycles. The highest BCUT2D eigenvalue weighted by Crippen LogP contribution is 2.26. The largest absolute Gasteiger partial charge is 0.366 e. The highest BCUT2D eigenvalue weighted by atomic mass is 32.1. The zero-order valence-corrected chi connectivity index (χ0v) is 8.55. The number of primary amides is 1. The summed E-state index contributed by atoms with van der Waals surface area (Å²) in [5.74, 6) is -0.718. The van der Waals surface area contributed by atoms with Crippen molar-refractivity contribution in [1.29, 1.82) is 0 Å². The Morgan fingerprint density at radius 1 is 1.27 bits per heavy atom. The van der Waals surface area contributed by atoms with Crippen molar-refractivity contribution in [2.75, 3.05) is 0 Å². The van der Waals surface area contributed by atoms with Crippen LogP contribution in [-0.4, -0.2) is 5.91 Å². The second-order valence-corrected chi connectivity index (χ2v) is 3.98. The molecule has 0 bridgehead atoms. The maximum Gasteiger partial charge on any atom is 0.249 e. The van der Waals surface area contributed by atoms with E-state index < -0.39 is 5.91 Å². The molecule has 4 heteroatoms. The van der Waals surface area contributed by atoms with Crippen LogP contribution in [0.4, 0.5) is 4.39 Å². The topological polar surface area (TPSA) is 43.1 Å². The van der Waals surface area contributed by atoms with Crippen LogP contribution in [0.5, 0.6) is 0 Å². The van der Waals surface area contributed by atoms with Gasteiger partial charge in [0.25, 0.3) is 0 Å². The van der Waals surface area contributed by atoms with Crippen LogP contribution in [0, 0.1) is 5.82 Å². The Bertz CT molecular complexity index is 490. The molecule has 0 radical (unpaired) electrons. The lowest BCUT2D eigenvalue weighted by Gasteiger charge is -1.95. The number of halogens is 1. The number of nitrogens with two attached hydrogens (primary N) is 1. The molecule has 0 fully saturated rings. The Labute approximate surface area is 90.2 Å². The van der Waals surface area contributed by atoms with Crippen molar-refractivity contribution in [2.45, 2.75) is 0 Å². The Morgan fingerprint density at radius 3 is 2.47 bits per heavy atom. The molecule has 0 aliphatic rings. The van der Waals surface area contributed by atoms with Crippen molar-refractivity contribution in [3.05, 3.63) is 47.1 Å². The number of hydrogen-bond acceptors (Lipinski definition) is 2. The molecule has 0 aliphatic heterocycles. The molecule has 2 rings (SSSR count). The quantitative estimate of drug-likeness (QED) is 0.832. The van der Waals surface area contributed by atoms with Gasteiger partial charge in [0.05, 0.1) is 5.56 Å². The van der Waals surface area contributed by atoms with Crippen LogP contribution < -0.4 is 5.73 Å². The van der Waals surface area contributed by atoms with Gasteiger partial charge in [-0.1, -0.05) is 12.1 Å². The van der Waals surface area contributed by atoms with Crippen LogP contribution in [-0.2, 0) is 0 Å². The van der Waals surface area contributed by atoms with E-state index in [1.165, 1.54) is 23.5 Å². The van der Waals surface area contributed by atoms with Crippen LogP contribution >= 0.6 is 11.3 Å². The Kier molecular flexibility index (Phi) is 2.51. The normalized spacial score (nSPS) is 10.2. The van der Waals surface area contributed by atoms with E-state index in [0.29, 0.717) is 5.56 Å². The average Bonchev–Trinajstić information content (AvgIpc) is 2.68. The molecule has 1 heterocycles. The minimum Gasteiger partial charge on any atom is -0.366 e. The van der Waals surface area contributed by atoms with E-state index in [-0.39, 0.29) is 5.82 Å². The van der Waals surface area contributed by atoms with Crippen molar-refractivity contribution < 1.29 is 9.18 Å². The van der Waals surface area contributed by atoms with Gasteiger partial charge in [0, 0.05) is 10.3 Å². The molecule has 0 saturated heterocycles. The third kappa shape index (κ3) is 2.05. The zero-order chi connectivity index (χ0) is 10.8. The smallest absolute Gasteiger partial charge is 0.249 e. The summed E-state index contributed by atoms with van der Waals surface area (Å²) in [6, 6.07) is 7.83. The maximum atomic E-state index is 12.7. The molecule has 1 aromatic heterocycles. The second kappa shape index (κ2) is 3.82. The summed E-state index contributed by atoms with van der Waals surface area (Å²) >= 11 is 1.41. The number of carbonyl (C=O) groups excluding carboxylic acids is 1. The van der Waals surface area contributed by atoms with Crippen molar-refractivity contribution in [3.8, 4) is 10.4 Å². The van der Waals surface area contributed by atoms with E-state index in [0.717, 1.165) is 10.4 Å². The molecule has 1 amide bonds. The fourth-order valence-corrected chi connectivity index (χ4v) is 2.14. The van der Waals surface area contributed by atoms with Gasteiger partial charge in [0.1, 0.15) is 5.82 Å². The standard InChI is InChI=1S/C11H8FNOS/c12-9-3-1-7(2-4-9)10-5-8(6-15-10)11(13)14/h1-6H,(H2,13,14). The summed E-state index contributed by atoms with van der Waals surface area (Å²) in [4.78, 5) is 11.8. The van der Waals surface area contributed by atoms with Crippen LogP contribution in [0.25, 0.3) is 10.4 Å². The van der Waals surface area contributed by atoms with E-state index in [9.17, 15) is 9.18 Å². The summed E-state index contributed by atoms with van der Waals surface area (Å²) in [7, 11) is 0. The minimum absolute atomic E-state index is 0.273. The minimum atomic E-state index is -0.445. The molecule has 2 nitrogen and oxygen atoms in total. The fraction of sp³-hybridized carbons (Fsp3) is 0. The Hall–Kier alpha value is -1.68. The number of rotatable bonds is 2. The second-order valence-electron chi connectivity index (χ2n) is 3.07. The van der Waals surface area contributed by atoms with Gasteiger partial charge in [0.15, 0.2) is 0 Å². The van der Waals surface area contributed by atoms with Gasteiger partial charge < -0.3 is 5.73 Å². The molecule has 2 aromatic rings. The first-order valence-corrected chi connectivity index (χ1v) is 5.19.